The number of carbonyl (C=O) groups is 1. The van der Waals surface area contributed by atoms with E-state index in [1.54, 1.807) is 0 Å². The van der Waals surface area contributed by atoms with Gasteiger partial charge in [0.25, 0.3) is 0 Å². The maximum atomic E-state index is 11.6. The van der Waals surface area contributed by atoms with Crippen LogP contribution >= 0.6 is 0 Å². The Labute approximate surface area is 103 Å². The Kier molecular flexibility index (Phi) is 4.86. The van der Waals surface area contributed by atoms with Gasteiger partial charge in [0, 0.05) is 19.1 Å². The molecule has 1 saturated heterocycles. The molecule has 0 saturated carbocycles. The van der Waals surface area contributed by atoms with Crippen LogP contribution in [-0.4, -0.2) is 31.7 Å². The second-order valence-electron chi connectivity index (χ2n) is 4.97. The molecule has 1 unspecified atom stereocenters. The van der Waals surface area contributed by atoms with E-state index in [0.717, 1.165) is 19.5 Å². The number of hydrogen-bond acceptors (Lipinski definition) is 2. The summed E-state index contributed by atoms with van der Waals surface area (Å²) in [5, 5.41) is 9.22. The lowest BCUT2D eigenvalue weighted by molar-refractivity contribution is 0.240. The summed E-state index contributed by atoms with van der Waals surface area (Å²) in [6, 6.07) is 0.430. The van der Waals surface area contributed by atoms with Gasteiger partial charge in [-0.25, -0.2) is 4.79 Å². The fourth-order valence-electron chi connectivity index (χ4n) is 2.47. The van der Waals surface area contributed by atoms with E-state index in [0.29, 0.717) is 12.6 Å². The molecule has 0 aromatic heterocycles. The Bertz CT molecular complexity index is 282. The van der Waals surface area contributed by atoms with Gasteiger partial charge in [-0.1, -0.05) is 11.6 Å². The molecule has 1 aliphatic heterocycles. The summed E-state index contributed by atoms with van der Waals surface area (Å²) in [5.41, 5.74) is 1.38. The Hall–Kier alpha value is -1.03. The van der Waals surface area contributed by atoms with Crippen molar-refractivity contribution in [1.29, 1.82) is 0 Å². The highest BCUT2D eigenvalue weighted by Crippen LogP contribution is 2.16. The minimum Gasteiger partial charge on any atom is -0.337 e. The Morgan fingerprint density at radius 2 is 2.29 bits per heavy atom. The number of amides is 2. The van der Waals surface area contributed by atoms with E-state index >= 15 is 0 Å². The Morgan fingerprint density at radius 1 is 1.35 bits per heavy atom. The van der Waals surface area contributed by atoms with Crippen molar-refractivity contribution < 1.29 is 4.79 Å². The monoisotopic (exact) mass is 237 g/mol. The minimum atomic E-state index is -0.0369. The molecule has 1 heterocycles. The molecule has 0 spiro atoms. The highest BCUT2D eigenvalue weighted by atomic mass is 16.2. The van der Waals surface area contributed by atoms with Crippen LogP contribution in [0.5, 0.6) is 0 Å². The number of rotatable bonds is 4. The molecule has 0 radical (unpaired) electrons. The number of allylic oxidation sites excluding steroid dienone is 1. The molecule has 2 aliphatic rings. The molecule has 96 valence electrons. The summed E-state index contributed by atoms with van der Waals surface area (Å²) in [6.45, 7) is 2.54. The van der Waals surface area contributed by atoms with Gasteiger partial charge >= 0.3 is 6.03 Å². The van der Waals surface area contributed by atoms with Crippen molar-refractivity contribution in [2.24, 2.45) is 0 Å². The van der Waals surface area contributed by atoms with E-state index < -0.39 is 0 Å². The number of hydrogen-bond donors (Lipinski definition) is 3. The number of carbonyl (C=O) groups excluding carboxylic acids is 1. The first kappa shape index (κ1) is 12.4. The zero-order valence-corrected chi connectivity index (χ0v) is 10.4. The van der Waals surface area contributed by atoms with Gasteiger partial charge in [0.15, 0.2) is 0 Å². The fraction of sp³-hybridized carbons (Fsp3) is 0.769. The van der Waals surface area contributed by atoms with Crippen molar-refractivity contribution in [2.75, 3.05) is 19.6 Å². The highest BCUT2D eigenvalue weighted by Gasteiger charge is 2.14. The van der Waals surface area contributed by atoms with Gasteiger partial charge in [-0.3, -0.25) is 0 Å². The van der Waals surface area contributed by atoms with Crippen LogP contribution in [0.4, 0.5) is 4.79 Å². The van der Waals surface area contributed by atoms with E-state index in [1.807, 2.05) is 0 Å². The molecule has 1 atom stereocenters. The van der Waals surface area contributed by atoms with Gasteiger partial charge < -0.3 is 16.0 Å². The molecular weight excluding hydrogens is 214 g/mol. The molecular formula is C13H23N3O. The Balaban J connectivity index is 1.58. The van der Waals surface area contributed by atoms with Crippen LogP contribution in [0, 0.1) is 0 Å². The van der Waals surface area contributed by atoms with Crippen LogP contribution in [-0.2, 0) is 0 Å². The summed E-state index contributed by atoms with van der Waals surface area (Å²) in [4.78, 5) is 11.6. The van der Waals surface area contributed by atoms with E-state index in [4.69, 9.17) is 0 Å². The smallest absolute Gasteiger partial charge is 0.315 e. The largest absolute Gasteiger partial charge is 0.337 e. The quantitative estimate of drug-likeness (QED) is 0.650. The van der Waals surface area contributed by atoms with Gasteiger partial charge in [0.05, 0.1) is 0 Å². The maximum Gasteiger partial charge on any atom is 0.315 e. The fourth-order valence-corrected chi connectivity index (χ4v) is 2.47. The lowest BCUT2D eigenvalue weighted by atomic mass is 10.00. The summed E-state index contributed by atoms with van der Waals surface area (Å²) in [7, 11) is 0. The third-order valence-corrected chi connectivity index (χ3v) is 3.53. The highest BCUT2D eigenvalue weighted by molar-refractivity contribution is 5.74. The number of urea groups is 1. The average Bonchev–Trinajstić information content (AvgIpc) is 2.88. The Morgan fingerprint density at radius 3 is 3.00 bits per heavy atom. The topological polar surface area (TPSA) is 53.2 Å². The standard InChI is InChI=1S/C13H23N3O/c17-13(16-10-12-7-4-8-14-12)15-9-11-5-2-1-3-6-11/h5,12,14H,1-4,6-10H2,(H2,15,16,17). The molecule has 4 nitrogen and oxygen atoms in total. The van der Waals surface area contributed by atoms with Crippen LogP contribution in [0.2, 0.25) is 0 Å². The van der Waals surface area contributed by atoms with Gasteiger partial charge in [0.2, 0.25) is 0 Å². The molecule has 0 aromatic carbocycles. The SMILES string of the molecule is O=C(NCC1=CCCCC1)NCC1CCCN1. The lowest BCUT2D eigenvalue weighted by Gasteiger charge is -2.15. The van der Waals surface area contributed by atoms with Gasteiger partial charge in [-0.05, 0) is 45.1 Å². The lowest BCUT2D eigenvalue weighted by Crippen LogP contribution is -2.42. The van der Waals surface area contributed by atoms with E-state index in [-0.39, 0.29) is 6.03 Å². The van der Waals surface area contributed by atoms with Crippen LogP contribution in [0.15, 0.2) is 11.6 Å². The summed E-state index contributed by atoms with van der Waals surface area (Å²) in [5.74, 6) is 0. The van der Waals surface area contributed by atoms with Crippen LogP contribution in [0.25, 0.3) is 0 Å². The van der Waals surface area contributed by atoms with E-state index in [2.05, 4.69) is 22.0 Å². The molecule has 0 aromatic rings. The summed E-state index contributed by atoms with van der Waals surface area (Å²) >= 11 is 0. The van der Waals surface area contributed by atoms with Crippen molar-refractivity contribution >= 4 is 6.03 Å². The zero-order valence-electron chi connectivity index (χ0n) is 10.4. The van der Waals surface area contributed by atoms with E-state index in [1.165, 1.54) is 37.7 Å². The van der Waals surface area contributed by atoms with Crippen molar-refractivity contribution in [1.82, 2.24) is 16.0 Å². The molecule has 17 heavy (non-hydrogen) atoms. The number of nitrogens with one attached hydrogen (secondary N) is 3. The summed E-state index contributed by atoms with van der Waals surface area (Å²) in [6.07, 6.45) is 9.54. The second kappa shape index (κ2) is 6.64. The normalized spacial score (nSPS) is 24.2. The van der Waals surface area contributed by atoms with Crippen LogP contribution in [0.3, 0.4) is 0 Å². The van der Waals surface area contributed by atoms with Crippen molar-refractivity contribution in [2.45, 2.75) is 44.6 Å². The molecule has 2 rings (SSSR count). The van der Waals surface area contributed by atoms with Crippen molar-refractivity contribution in [3.8, 4) is 0 Å². The predicted octanol–water partition coefficient (Wildman–Crippen LogP) is 1.54. The van der Waals surface area contributed by atoms with Gasteiger partial charge in [-0.15, -0.1) is 0 Å². The molecule has 1 aliphatic carbocycles. The van der Waals surface area contributed by atoms with Gasteiger partial charge in [-0.2, -0.15) is 0 Å². The molecule has 1 fully saturated rings. The molecule has 2 amide bonds. The minimum absolute atomic E-state index is 0.0369. The van der Waals surface area contributed by atoms with Crippen molar-refractivity contribution in [3.05, 3.63) is 11.6 Å². The zero-order chi connectivity index (χ0) is 11.9. The molecule has 0 bridgehead atoms. The van der Waals surface area contributed by atoms with Gasteiger partial charge in [0.1, 0.15) is 0 Å². The van der Waals surface area contributed by atoms with Crippen molar-refractivity contribution in [3.63, 3.8) is 0 Å². The third-order valence-electron chi connectivity index (χ3n) is 3.53. The van der Waals surface area contributed by atoms with E-state index in [9.17, 15) is 4.79 Å². The first-order chi connectivity index (χ1) is 8.34. The maximum absolute atomic E-state index is 11.6. The first-order valence-corrected chi connectivity index (χ1v) is 6.77. The van der Waals surface area contributed by atoms with Crippen LogP contribution in [0.1, 0.15) is 38.5 Å². The second-order valence-corrected chi connectivity index (χ2v) is 4.97. The third kappa shape index (κ3) is 4.38. The summed E-state index contributed by atoms with van der Waals surface area (Å²) < 4.78 is 0. The predicted molar refractivity (Wildman–Crippen MR) is 69.0 cm³/mol. The first-order valence-electron chi connectivity index (χ1n) is 6.77. The van der Waals surface area contributed by atoms with Crippen LogP contribution < -0.4 is 16.0 Å². The molecule has 3 N–H and O–H groups in total. The average molecular weight is 237 g/mol. The molecule has 4 heteroatoms.